The van der Waals surface area contributed by atoms with Crippen LogP contribution in [-0.2, 0) is 26.6 Å². The summed E-state index contributed by atoms with van der Waals surface area (Å²) in [6, 6.07) is 0. The van der Waals surface area contributed by atoms with Gasteiger partial charge in [-0.3, -0.25) is 0 Å². The molecule has 0 saturated carbocycles. The average Bonchev–Trinajstić information content (AvgIpc) is 2.43. The van der Waals surface area contributed by atoms with Gasteiger partial charge >= 0.3 is 18.3 Å². The van der Waals surface area contributed by atoms with Crippen molar-refractivity contribution < 1.29 is 26.6 Å². The van der Waals surface area contributed by atoms with Crippen molar-refractivity contribution in [2.75, 3.05) is 42.7 Å². The van der Waals surface area contributed by atoms with E-state index < -0.39 is 18.3 Å². The molecular formula is C9H25ClO6Si2. The molecule has 0 N–H and O–H groups in total. The standard InChI is InChI=1S/C6H15ClO3Si.C3H10O3Si/c1-5-6(7)11(8-2,9-3)10-4;1-4-7(5-2)6-3/h6H,5H2,1-4H3;7H,1-3H3. The first-order valence-electron chi connectivity index (χ1n) is 5.39. The van der Waals surface area contributed by atoms with Crippen molar-refractivity contribution >= 4 is 29.9 Å². The molecule has 1 atom stereocenters. The minimum atomic E-state index is -2.56. The van der Waals surface area contributed by atoms with Crippen LogP contribution in [0.1, 0.15) is 13.3 Å². The second-order valence-corrected chi connectivity index (χ2v) is 9.10. The first-order valence-corrected chi connectivity index (χ1v) is 9.04. The zero-order chi connectivity index (χ0) is 14.6. The first kappa shape index (κ1) is 20.8. The zero-order valence-electron chi connectivity index (χ0n) is 12.2. The van der Waals surface area contributed by atoms with E-state index in [1.54, 1.807) is 42.7 Å². The molecular weight excluding hydrogens is 296 g/mol. The summed E-state index contributed by atoms with van der Waals surface area (Å²) in [7, 11) is 5.17. The highest BCUT2D eigenvalue weighted by atomic mass is 35.5. The monoisotopic (exact) mass is 320 g/mol. The van der Waals surface area contributed by atoms with Gasteiger partial charge in [0.15, 0.2) is 0 Å². The Morgan fingerprint density at radius 2 is 1.22 bits per heavy atom. The van der Waals surface area contributed by atoms with Crippen LogP contribution >= 0.6 is 11.6 Å². The zero-order valence-corrected chi connectivity index (χ0v) is 15.1. The fourth-order valence-electron chi connectivity index (χ4n) is 1.17. The first-order chi connectivity index (χ1) is 8.51. The molecule has 0 fully saturated rings. The SMILES string of the molecule is CCC(Cl)[Si](OC)(OC)OC.CO[SiH](OC)OC. The minimum absolute atomic E-state index is 0.164. The van der Waals surface area contributed by atoms with Gasteiger partial charge in [0.05, 0.1) is 0 Å². The van der Waals surface area contributed by atoms with Gasteiger partial charge in [0.25, 0.3) is 0 Å². The molecule has 0 amide bonds. The highest BCUT2D eigenvalue weighted by Gasteiger charge is 2.45. The summed E-state index contributed by atoms with van der Waals surface area (Å²) in [5.41, 5.74) is 0. The number of hydrogen-bond acceptors (Lipinski definition) is 6. The van der Waals surface area contributed by atoms with Crippen LogP contribution in [0, 0.1) is 0 Å². The topological polar surface area (TPSA) is 55.4 Å². The van der Waals surface area contributed by atoms with Crippen molar-refractivity contribution in [2.45, 2.75) is 18.3 Å². The molecule has 0 aliphatic rings. The molecule has 18 heavy (non-hydrogen) atoms. The highest BCUT2D eigenvalue weighted by Crippen LogP contribution is 2.19. The lowest BCUT2D eigenvalue weighted by atomic mass is 10.6. The summed E-state index contributed by atoms with van der Waals surface area (Å²) in [6.07, 6.45) is 0.781. The van der Waals surface area contributed by atoms with Crippen LogP contribution in [0.5, 0.6) is 0 Å². The second kappa shape index (κ2) is 12.5. The molecule has 0 aromatic rings. The van der Waals surface area contributed by atoms with Gasteiger partial charge in [-0.1, -0.05) is 6.92 Å². The van der Waals surface area contributed by atoms with Gasteiger partial charge < -0.3 is 26.6 Å². The Labute approximate surface area is 118 Å². The number of rotatable bonds is 8. The van der Waals surface area contributed by atoms with E-state index in [1.807, 2.05) is 6.92 Å². The van der Waals surface area contributed by atoms with Crippen LogP contribution in [0.4, 0.5) is 0 Å². The molecule has 112 valence electrons. The second-order valence-electron chi connectivity index (χ2n) is 3.09. The van der Waals surface area contributed by atoms with Crippen molar-refractivity contribution in [3.8, 4) is 0 Å². The van der Waals surface area contributed by atoms with Crippen LogP contribution in [0.2, 0.25) is 0 Å². The lowest BCUT2D eigenvalue weighted by molar-refractivity contribution is 0.120. The Morgan fingerprint density at radius 1 is 0.889 bits per heavy atom. The predicted molar refractivity (Wildman–Crippen MR) is 74.9 cm³/mol. The van der Waals surface area contributed by atoms with Crippen molar-refractivity contribution in [2.24, 2.45) is 0 Å². The Hall–Kier alpha value is 0.484. The van der Waals surface area contributed by atoms with Gasteiger partial charge in [0.1, 0.15) is 5.00 Å². The van der Waals surface area contributed by atoms with Crippen LogP contribution in [0.3, 0.4) is 0 Å². The quantitative estimate of drug-likeness (QED) is 0.492. The summed E-state index contributed by atoms with van der Waals surface area (Å²) in [5.74, 6) is 0. The van der Waals surface area contributed by atoms with Crippen molar-refractivity contribution in [3.63, 3.8) is 0 Å². The van der Waals surface area contributed by atoms with Crippen LogP contribution in [0.25, 0.3) is 0 Å². The summed E-state index contributed by atoms with van der Waals surface area (Å²) >= 11 is 5.98. The smallest absolute Gasteiger partial charge is 0.379 e. The fourth-order valence-corrected chi connectivity index (χ4v) is 4.32. The van der Waals surface area contributed by atoms with Crippen molar-refractivity contribution in [3.05, 3.63) is 0 Å². The molecule has 0 heterocycles. The number of alkyl halides is 1. The largest absolute Gasteiger partial charge is 0.518 e. The summed E-state index contributed by atoms with van der Waals surface area (Å²) in [5, 5.41) is -0.164. The van der Waals surface area contributed by atoms with E-state index in [-0.39, 0.29) is 5.00 Å². The van der Waals surface area contributed by atoms with E-state index in [4.69, 9.17) is 38.2 Å². The minimum Gasteiger partial charge on any atom is -0.379 e. The third-order valence-corrected chi connectivity index (χ3v) is 7.32. The maximum Gasteiger partial charge on any atom is 0.518 e. The predicted octanol–water partition coefficient (Wildman–Crippen LogP) is 1.06. The van der Waals surface area contributed by atoms with Gasteiger partial charge in [-0.2, -0.15) is 0 Å². The molecule has 0 bridgehead atoms. The van der Waals surface area contributed by atoms with E-state index in [9.17, 15) is 0 Å². The number of hydrogen-bond donors (Lipinski definition) is 0. The normalized spacial score (nSPS) is 13.2. The Balaban J connectivity index is 0. The molecule has 0 spiro atoms. The average molecular weight is 321 g/mol. The third kappa shape index (κ3) is 7.17. The Morgan fingerprint density at radius 3 is 1.28 bits per heavy atom. The summed E-state index contributed by atoms with van der Waals surface area (Å²) in [4.78, 5) is 0. The van der Waals surface area contributed by atoms with Crippen molar-refractivity contribution in [1.82, 2.24) is 0 Å². The van der Waals surface area contributed by atoms with Gasteiger partial charge in [-0.25, -0.2) is 0 Å². The molecule has 0 aliphatic heterocycles. The van der Waals surface area contributed by atoms with Crippen molar-refractivity contribution in [1.29, 1.82) is 0 Å². The van der Waals surface area contributed by atoms with Crippen LogP contribution in [0.15, 0.2) is 0 Å². The van der Waals surface area contributed by atoms with Crippen LogP contribution < -0.4 is 0 Å². The highest BCUT2D eigenvalue weighted by molar-refractivity contribution is 6.71. The third-order valence-electron chi connectivity index (χ3n) is 2.17. The molecule has 0 aromatic heterocycles. The molecule has 9 heteroatoms. The molecule has 0 aliphatic carbocycles. The molecule has 0 saturated heterocycles. The molecule has 0 radical (unpaired) electrons. The van der Waals surface area contributed by atoms with E-state index in [0.29, 0.717) is 0 Å². The molecule has 6 nitrogen and oxygen atoms in total. The van der Waals surface area contributed by atoms with Gasteiger partial charge in [-0.05, 0) is 6.42 Å². The van der Waals surface area contributed by atoms with E-state index in [0.717, 1.165) is 6.42 Å². The molecule has 0 rings (SSSR count). The maximum absolute atomic E-state index is 5.98. The summed E-state index contributed by atoms with van der Waals surface area (Å²) < 4.78 is 29.7. The van der Waals surface area contributed by atoms with E-state index in [1.165, 1.54) is 0 Å². The Bertz CT molecular complexity index is 167. The van der Waals surface area contributed by atoms with Crippen LogP contribution in [-0.4, -0.2) is 66.0 Å². The summed E-state index contributed by atoms with van der Waals surface area (Å²) in [6.45, 7) is 1.97. The van der Waals surface area contributed by atoms with E-state index in [2.05, 4.69) is 0 Å². The van der Waals surface area contributed by atoms with E-state index >= 15 is 0 Å². The van der Waals surface area contributed by atoms with Gasteiger partial charge in [0, 0.05) is 42.7 Å². The molecule has 1 unspecified atom stereocenters. The van der Waals surface area contributed by atoms with Gasteiger partial charge in [-0.15, -0.1) is 11.6 Å². The molecule has 0 aromatic carbocycles. The lowest BCUT2D eigenvalue weighted by Gasteiger charge is -2.27. The number of halogens is 1. The van der Waals surface area contributed by atoms with Gasteiger partial charge in [0.2, 0.25) is 0 Å². The Kier molecular flexibility index (Phi) is 14.5. The fraction of sp³-hybridized carbons (Fsp3) is 1.00. The maximum atomic E-state index is 5.98. The lowest BCUT2D eigenvalue weighted by Crippen LogP contribution is -2.51.